The Hall–Kier alpha value is -1.15. The van der Waals surface area contributed by atoms with Gasteiger partial charge in [-0.25, -0.2) is 0 Å². The molecule has 0 heterocycles. The van der Waals surface area contributed by atoms with Gasteiger partial charge < -0.3 is 9.53 Å². The van der Waals surface area contributed by atoms with Crippen molar-refractivity contribution in [1.82, 2.24) is 0 Å². The van der Waals surface area contributed by atoms with Crippen molar-refractivity contribution >= 4 is 6.29 Å². The highest BCUT2D eigenvalue weighted by Gasteiger charge is 2.10. The van der Waals surface area contributed by atoms with Gasteiger partial charge in [0, 0.05) is 13.0 Å². The third-order valence-corrected chi connectivity index (χ3v) is 3.00. The Kier molecular flexibility index (Phi) is 7.32. The summed E-state index contributed by atoms with van der Waals surface area (Å²) < 4.78 is 4.93. The lowest BCUT2D eigenvalue weighted by molar-refractivity contribution is -0.111. The first-order valence-electron chi connectivity index (χ1n) is 6.35. The maximum atomic E-state index is 10.2. The van der Waals surface area contributed by atoms with Crippen molar-refractivity contribution in [3.63, 3.8) is 0 Å². The summed E-state index contributed by atoms with van der Waals surface area (Å²) >= 11 is 0. The predicted molar refractivity (Wildman–Crippen MR) is 69.8 cm³/mol. The molecule has 0 amide bonds. The van der Waals surface area contributed by atoms with Crippen LogP contribution in [-0.2, 0) is 16.1 Å². The zero-order chi connectivity index (χ0) is 12.3. The standard InChI is InChI=1S/C8H10O.C7H12O/c1-9-7-8-5-3-2-4-6-8;8-6-7-4-2-1-3-5-7/h2-6H,7H2,1H3;6-7H,1-5H2. The third-order valence-electron chi connectivity index (χ3n) is 3.00. The van der Waals surface area contributed by atoms with Gasteiger partial charge in [0.25, 0.3) is 0 Å². The Labute approximate surface area is 104 Å². The SMILES string of the molecule is COCc1ccccc1.O=CC1CCCCC1. The fourth-order valence-electron chi connectivity index (χ4n) is 2.01. The first-order chi connectivity index (χ1) is 8.36. The molecule has 0 unspecified atom stereocenters. The smallest absolute Gasteiger partial charge is 0.123 e. The number of carbonyl (C=O) groups is 1. The molecular formula is C15H22O2. The summed E-state index contributed by atoms with van der Waals surface area (Å²) in [5.41, 5.74) is 1.22. The average molecular weight is 234 g/mol. The topological polar surface area (TPSA) is 26.3 Å². The van der Waals surface area contributed by atoms with Gasteiger partial charge in [-0.15, -0.1) is 0 Å². The largest absolute Gasteiger partial charge is 0.380 e. The average Bonchev–Trinajstić information content (AvgIpc) is 2.42. The lowest BCUT2D eigenvalue weighted by atomic mass is 9.91. The van der Waals surface area contributed by atoms with Gasteiger partial charge in [0.1, 0.15) is 6.29 Å². The highest BCUT2D eigenvalue weighted by Crippen LogP contribution is 2.21. The first kappa shape index (κ1) is 13.9. The molecule has 0 bridgehead atoms. The van der Waals surface area contributed by atoms with E-state index >= 15 is 0 Å². The van der Waals surface area contributed by atoms with E-state index in [-0.39, 0.29) is 0 Å². The molecule has 17 heavy (non-hydrogen) atoms. The number of hydrogen-bond donors (Lipinski definition) is 0. The number of aldehydes is 1. The van der Waals surface area contributed by atoms with Crippen molar-refractivity contribution in [2.24, 2.45) is 5.92 Å². The normalized spacial score (nSPS) is 15.8. The molecule has 0 aromatic heterocycles. The Bertz CT molecular complexity index is 289. The predicted octanol–water partition coefficient (Wildman–Crippen LogP) is 3.60. The van der Waals surface area contributed by atoms with Crippen LogP contribution in [-0.4, -0.2) is 13.4 Å². The summed E-state index contributed by atoms with van der Waals surface area (Å²) in [6, 6.07) is 10.1. The van der Waals surface area contributed by atoms with Crippen molar-refractivity contribution in [3.05, 3.63) is 35.9 Å². The molecular weight excluding hydrogens is 212 g/mol. The van der Waals surface area contributed by atoms with E-state index in [1.165, 1.54) is 24.8 Å². The maximum absolute atomic E-state index is 10.2. The van der Waals surface area contributed by atoms with Crippen LogP contribution < -0.4 is 0 Å². The van der Waals surface area contributed by atoms with Gasteiger partial charge in [-0.1, -0.05) is 49.6 Å². The molecule has 1 aromatic rings. The maximum Gasteiger partial charge on any atom is 0.123 e. The van der Waals surface area contributed by atoms with Crippen LogP contribution in [0, 0.1) is 5.92 Å². The van der Waals surface area contributed by atoms with Gasteiger partial charge >= 0.3 is 0 Å². The molecule has 94 valence electrons. The van der Waals surface area contributed by atoms with Crippen molar-refractivity contribution in [3.8, 4) is 0 Å². The summed E-state index contributed by atoms with van der Waals surface area (Å²) in [6.45, 7) is 0.709. The van der Waals surface area contributed by atoms with Crippen molar-refractivity contribution in [2.75, 3.05) is 7.11 Å². The van der Waals surface area contributed by atoms with E-state index in [2.05, 4.69) is 0 Å². The van der Waals surface area contributed by atoms with Gasteiger partial charge in [-0.2, -0.15) is 0 Å². The number of benzene rings is 1. The minimum atomic E-state index is 0.406. The molecule has 0 saturated heterocycles. The highest BCUT2D eigenvalue weighted by molar-refractivity contribution is 5.53. The molecule has 2 heteroatoms. The van der Waals surface area contributed by atoms with Crippen LogP contribution >= 0.6 is 0 Å². The van der Waals surface area contributed by atoms with Crippen LogP contribution in [0.15, 0.2) is 30.3 Å². The Balaban J connectivity index is 0.000000171. The van der Waals surface area contributed by atoms with E-state index in [1.807, 2.05) is 30.3 Å². The lowest BCUT2D eigenvalue weighted by Crippen LogP contribution is -2.06. The molecule has 0 N–H and O–H groups in total. The number of ether oxygens (including phenoxy) is 1. The van der Waals surface area contributed by atoms with Crippen LogP contribution in [0.3, 0.4) is 0 Å². The monoisotopic (exact) mass is 234 g/mol. The molecule has 1 aliphatic rings. The van der Waals surface area contributed by atoms with E-state index < -0.39 is 0 Å². The lowest BCUT2D eigenvalue weighted by Gasteiger charge is -2.14. The summed E-state index contributed by atoms with van der Waals surface area (Å²) in [5, 5.41) is 0. The fourth-order valence-corrected chi connectivity index (χ4v) is 2.01. The summed E-state index contributed by atoms with van der Waals surface area (Å²) in [7, 11) is 1.70. The van der Waals surface area contributed by atoms with Crippen LogP contribution in [0.1, 0.15) is 37.7 Å². The van der Waals surface area contributed by atoms with Gasteiger partial charge in [-0.3, -0.25) is 0 Å². The van der Waals surface area contributed by atoms with E-state index in [0.29, 0.717) is 12.5 Å². The highest BCUT2D eigenvalue weighted by atomic mass is 16.5. The molecule has 1 saturated carbocycles. The van der Waals surface area contributed by atoms with Gasteiger partial charge in [-0.05, 0) is 18.4 Å². The Morgan fingerprint density at radius 3 is 2.29 bits per heavy atom. The zero-order valence-corrected chi connectivity index (χ0v) is 10.6. The van der Waals surface area contributed by atoms with E-state index in [0.717, 1.165) is 19.1 Å². The molecule has 0 radical (unpaired) electrons. The summed E-state index contributed by atoms with van der Waals surface area (Å²) in [6.07, 6.45) is 7.27. The minimum Gasteiger partial charge on any atom is -0.380 e. The Morgan fingerprint density at radius 1 is 1.18 bits per heavy atom. The van der Waals surface area contributed by atoms with Crippen LogP contribution in [0.5, 0.6) is 0 Å². The second kappa shape index (κ2) is 8.94. The van der Waals surface area contributed by atoms with E-state index in [9.17, 15) is 4.79 Å². The quantitative estimate of drug-likeness (QED) is 0.747. The third kappa shape index (κ3) is 6.22. The summed E-state index contributed by atoms with van der Waals surface area (Å²) in [4.78, 5) is 10.2. The van der Waals surface area contributed by atoms with Crippen molar-refractivity contribution < 1.29 is 9.53 Å². The van der Waals surface area contributed by atoms with Crippen molar-refractivity contribution in [2.45, 2.75) is 38.7 Å². The number of methoxy groups -OCH3 is 1. The van der Waals surface area contributed by atoms with E-state index in [1.54, 1.807) is 7.11 Å². The van der Waals surface area contributed by atoms with Crippen LogP contribution in [0.4, 0.5) is 0 Å². The number of carbonyl (C=O) groups excluding carboxylic acids is 1. The molecule has 0 atom stereocenters. The minimum absolute atomic E-state index is 0.406. The van der Waals surface area contributed by atoms with Gasteiger partial charge in [0.15, 0.2) is 0 Å². The second-order valence-electron chi connectivity index (χ2n) is 4.45. The molecule has 0 spiro atoms. The molecule has 1 fully saturated rings. The van der Waals surface area contributed by atoms with Crippen LogP contribution in [0.2, 0.25) is 0 Å². The zero-order valence-electron chi connectivity index (χ0n) is 10.6. The van der Waals surface area contributed by atoms with Gasteiger partial charge in [0.05, 0.1) is 6.61 Å². The number of rotatable bonds is 3. The molecule has 2 rings (SSSR count). The second-order valence-corrected chi connectivity index (χ2v) is 4.45. The molecule has 2 nitrogen and oxygen atoms in total. The van der Waals surface area contributed by atoms with Crippen LogP contribution in [0.25, 0.3) is 0 Å². The fraction of sp³-hybridized carbons (Fsp3) is 0.533. The van der Waals surface area contributed by atoms with Crippen molar-refractivity contribution in [1.29, 1.82) is 0 Å². The van der Waals surface area contributed by atoms with E-state index in [4.69, 9.17) is 4.74 Å². The Morgan fingerprint density at radius 2 is 1.82 bits per heavy atom. The summed E-state index contributed by atoms with van der Waals surface area (Å²) in [5.74, 6) is 0.406. The first-order valence-corrected chi connectivity index (χ1v) is 6.35. The molecule has 0 aliphatic heterocycles. The molecule has 1 aliphatic carbocycles. The molecule has 1 aromatic carbocycles. The number of hydrogen-bond acceptors (Lipinski definition) is 2. The van der Waals surface area contributed by atoms with Gasteiger partial charge in [0.2, 0.25) is 0 Å².